The number of aromatic nitrogens is 2. The first-order chi connectivity index (χ1) is 6.77. The Hall–Kier alpha value is -1.42. The van der Waals surface area contributed by atoms with Crippen LogP contribution in [-0.4, -0.2) is 9.55 Å². The van der Waals surface area contributed by atoms with Gasteiger partial charge in [-0.05, 0) is 19.1 Å². The van der Waals surface area contributed by atoms with Crippen molar-refractivity contribution in [2.45, 2.75) is 6.92 Å². The molecule has 0 amide bonds. The molecule has 0 atom stereocenters. The van der Waals surface area contributed by atoms with E-state index in [4.69, 9.17) is 0 Å². The molecular formula is C10H11N3S. The van der Waals surface area contributed by atoms with Gasteiger partial charge in [0, 0.05) is 24.3 Å². The van der Waals surface area contributed by atoms with E-state index in [0.717, 1.165) is 10.6 Å². The molecule has 14 heavy (non-hydrogen) atoms. The van der Waals surface area contributed by atoms with Gasteiger partial charge in [-0.2, -0.15) is 0 Å². The molecule has 72 valence electrons. The molecule has 2 aromatic heterocycles. The molecule has 0 radical (unpaired) electrons. The highest BCUT2D eigenvalue weighted by molar-refractivity contribution is 7.07. The van der Waals surface area contributed by atoms with Crippen molar-refractivity contribution in [3.8, 4) is 0 Å². The molecule has 0 aliphatic carbocycles. The van der Waals surface area contributed by atoms with Crippen molar-refractivity contribution in [2.24, 2.45) is 12.0 Å². The van der Waals surface area contributed by atoms with Crippen LogP contribution in [0.1, 0.15) is 5.69 Å². The summed E-state index contributed by atoms with van der Waals surface area (Å²) in [6.07, 6.45) is 1.75. The highest BCUT2D eigenvalue weighted by Crippen LogP contribution is 2.05. The maximum Gasteiger partial charge on any atom is 0.191 e. The highest BCUT2D eigenvalue weighted by Gasteiger charge is 1.95. The van der Waals surface area contributed by atoms with E-state index in [0.29, 0.717) is 0 Å². The average Bonchev–Trinajstić information content (AvgIpc) is 2.52. The predicted molar refractivity (Wildman–Crippen MR) is 57.5 cm³/mol. The quantitative estimate of drug-likeness (QED) is 0.700. The van der Waals surface area contributed by atoms with Crippen LogP contribution >= 0.6 is 11.3 Å². The van der Waals surface area contributed by atoms with Crippen LogP contribution in [0.15, 0.2) is 34.8 Å². The van der Waals surface area contributed by atoms with Crippen molar-refractivity contribution in [2.75, 3.05) is 0 Å². The van der Waals surface area contributed by atoms with Gasteiger partial charge in [0.25, 0.3) is 0 Å². The molecule has 2 heterocycles. The number of aryl methyl sites for hydroxylation is 1. The first-order valence-electron chi connectivity index (χ1n) is 4.34. The van der Waals surface area contributed by atoms with Gasteiger partial charge in [-0.25, -0.2) is 9.98 Å². The van der Waals surface area contributed by atoms with Crippen molar-refractivity contribution in [1.82, 2.24) is 9.55 Å². The van der Waals surface area contributed by atoms with Crippen molar-refractivity contribution < 1.29 is 0 Å². The van der Waals surface area contributed by atoms with Crippen LogP contribution < -0.4 is 4.80 Å². The summed E-state index contributed by atoms with van der Waals surface area (Å²) in [5, 5.41) is 2.09. The molecule has 0 fully saturated rings. The Balaban J connectivity index is 2.50. The third-order valence-electron chi connectivity index (χ3n) is 2.01. The molecule has 0 aromatic carbocycles. The van der Waals surface area contributed by atoms with Crippen LogP contribution in [0.25, 0.3) is 0 Å². The van der Waals surface area contributed by atoms with Crippen LogP contribution in [0.3, 0.4) is 0 Å². The minimum absolute atomic E-state index is 0.755. The zero-order valence-corrected chi connectivity index (χ0v) is 8.95. The molecule has 0 aliphatic rings. The molecule has 2 aromatic rings. The van der Waals surface area contributed by atoms with E-state index >= 15 is 0 Å². The van der Waals surface area contributed by atoms with Gasteiger partial charge in [-0.15, -0.1) is 11.3 Å². The van der Waals surface area contributed by atoms with Crippen LogP contribution in [-0.2, 0) is 7.05 Å². The molecule has 0 aliphatic heterocycles. The Bertz CT molecular complexity index is 482. The summed E-state index contributed by atoms with van der Waals surface area (Å²) in [7, 11) is 2.01. The van der Waals surface area contributed by atoms with Crippen LogP contribution in [0, 0.1) is 6.92 Å². The topological polar surface area (TPSA) is 30.2 Å². The Morgan fingerprint density at radius 3 is 2.86 bits per heavy atom. The lowest BCUT2D eigenvalue weighted by molar-refractivity contribution is 0.833. The monoisotopic (exact) mass is 205 g/mol. The summed E-state index contributed by atoms with van der Waals surface area (Å²) in [5.74, 6) is 0.755. The molecule has 0 bridgehead atoms. The maximum absolute atomic E-state index is 4.43. The molecule has 4 heteroatoms. The van der Waals surface area contributed by atoms with Gasteiger partial charge in [0.1, 0.15) is 0 Å². The lowest BCUT2D eigenvalue weighted by Crippen LogP contribution is -2.10. The Labute approximate surface area is 86.4 Å². The second-order valence-electron chi connectivity index (χ2n) is 3.02. The van der Waals surface area contributed by atoms with Crippen LogP contribution in [0.5, 0.6) is 0 Å². The summed E-state index contributed by atoms with van der Waals surface area (Å²) in [6, 6.07) is 5.72. The van der Waals surface area contributed by atoms with E-state index < -0.39 is 0 Å². The van der Waals surface area contributed by atoms with Gasteiger partial charge in [-0.1, -0.05) is 6.07 Å². The molecule has 0 saturated carbocycles. The normalized spacial score (nSPS) is 12.0. The number of hydrogen-bond donors (Lipinski definition) is 0. The van der Waals surface area contributed by atoms with Gasteiger partial charge < -0.3 is 4.57 Å². The molecule has 0 unspecified atom stereocenters. The Morgan fingerprint density at radius 1 is 1.43 bits per heavy atom. The minimum atomic E-state index is 0.755. The lowest BCUT2D eigenvalue weighted by Gasteiger charge is -1.94. The van der Waals surface area contributed by atoms with E-state index in [1.54, 1.807) is 17.5 Å². The van der Waals surface area contributed by atoms with Crippen molar-refractivity contribution in [3.05, 3.63) is 40.3 Å². The van der Waals surface area contributed by atoms with E-state index in [2.05, 4.69) is 26.8 Å². The standard InChI is InChI=1S/C10H11N3S/c1-8-7-14-10(13(8)2)12-9-5-3-4-6-11-9/h3-7H,1-2H3/b12-10+. The fraction of sp³-hybridized carbons (Fsp3) is 0.200. The second-order valence-corrected chi connectivity index (χ2v) is 3.85. The summed E-state index contributed by atoms with van der Waals surface area (Å²) in [4.78, 5) is 9.56. The van der Waals surface area contributed by atoms with Crippen molar-refractivity contribution >= 4 is 17.2 Å². The van der Waals surface area contributed by atoms with E-state index in [9.17, 15) is 0 Å². The summed E-state index contributed by atoms with van der Waals surface area (Å²) >= 11 is 1.63. The first kappa shape index (κ1) is 9.15. The fourth-order valence-corrected chi connectivity index (χ4v) is 1.95. The maximum atomic E-state index is 4.43. The number of nitrogens with zero attached hydrogens (tertiary/aromatic N) is 3. The lowest BCUT2D eigenvalue weighted by atomic mass is 10.5. The second kappa shape index (κ2) is 3.75. The third kappa shape index (κ3) is 1.75. The third-order valence-corrected chi connectivity index (χ3v) is 3.05. The largest absolute Gasteiger partial charge is 0.324 e. The zero-order chi connectivity index (χ0) is 9.97. The predicted octanol–water partition coefficient (Wildman–Crippen LogP) is 2.02. The summed E-state index contributed by atoms with van der Waals surface area (Å²) in [5.41, 5.74) is 1.21. The van der Waals surface area contributed by atoms with Gasteiger partial charge in [-0.3, -0.25) is 0 Å². The highest BCUT2D eigenvalue weighted by atomic mass is 32.1. The number of rotatable bonds is 1. The molecular weight excluding hydrogens is 194 g/mol. The zero-order valence-electron chi connectivity index (χ0n) is 8.14. The van der Waals surface area contributed by atoms with Gasteiger partial charge >= 0.3 is 0 Å². The summed E-state index contributed by atoms with van der Waals surface area (Å²) < 4.78 is 2.05. The summed E-state index contributed by atoms with van der Waals surface area (Å²) in [6.45, 7) is 2.06. The molecule has 0 spiro atoms. The number of hydrogen-bond acceptors (Lipinski definition) is 3. The van der Waals surface area contributed by atoms with Crippen molar-refractivity contribution in [3.63, 3.8) is 0 Å². The molecule has 2 rings (SSSR count). The Morgan fingerprint density at radius 2 is 2.29 bits per heavy atom. The number of thiazole rings is 1. The molecule has 3 nitrogen and oxygen atoms in total. The molecule has 0 N–H and O–H groups in total. The fourth-order valence-electron chi connectivity index (χ4n) is 1.07. The van der Waals surface area contributed by atoms with Crippen molar-refractivity contribution in [1.29, 1.82) is 0 Å². The molecule has 0 saturated heterocycles. The average molecular weight is 205 g/mol. The minimum Gasteiger partial charge on any atom is -0.324 e. The van der Waals surface area contributed by atoms with Crippen LogP contribution in [0.2, 0.25) is 0 Å². The van der Waals surface area contributed by atoms with E-state index in [-0.39, 0.29) is 0 Å². The smallest absolute Gasteiger partial charge is 0.191 e. The van der Waals surface area contributed by atoms with Gasteiger partial charge in [0.15, 0.2) is 10.6 Å². The number of pyridine rings is 1. The van der Waals surface area contributed by atoms with Crippen LogP contribution in [0.4, 0.5) is 5.82 Å². The first-order valence-corrected chi connectivity index (χ1v) is 5.22. The SMILES string of the molecule is Cc1cs/c(=N/c2ccccn2)n1C. The van der Waals surface area contributed by atoms with E-state index in [1.165, 1.54) is 5.69 Å². The van der Waals surface area contributed by atoms with E-state index in [1.807, 2.05) is 25.2 Å². The van der Waals surface area contributed by atoms with Gasteiger partial charge in [0.05, 0.1) is 0 Å². The van der Waals surface area contributed by atoms with Gasteiger partial charge in [0.2, 0.25) is 0 Å². The Kier molecular flexibility index (Phi) is 2.45.